The second-order valence-corrected chi connectivity index (χ2v) is 9.86. The molecule has 0 saturated heterocycles. The molecule has 186 valence electrons. The number of hydrogen-bond donors (Lipinski definition) is 1. The van der Waals surface area contributed by atoms with Crippen LogP contribution in [0.4, 0.5) is 10.1 Å². The highest BCUT2D eigenvalue weighted by Crippen LogP contribution is 2.39. The number of ether oxygens (including phenoxy) is 2. The number of hydrazone groups is 1. The maximum Gasteiger partial charge on any atom is 0.262 e. The lowest BCUT2D eigenvalue weighted by Gasteiger charge is -2.23. The Kier molecular flexibility index (Phi) is 6.09. The van der Waals surface area contributed by atoms with Crippen molar-refractivity contribution in [1.82, 2.24) is 5.01 Å². The normalized spacial score (nSPS) is 20.1. The van der Waals surface area contributed by atoms with E-state index in [1.807, 2.05) is 30.3 Å². The number of amides is 2. The molecule has 2 atom stereocenters. The van der Waals surface area contributed by atoms with Gasteiger partial charge in [0.2, 0.25) is 12.7 Å². The topological polar surface area (TPSA) is 92.6 Å². The minimum absolute atomic E-state index is 0.0464. The summed E-state index contributed by atoms with van der Waals surface area (Å²) in [7, 11) is 0. The first-order valence-corrected chi connectivity index (χ1v) is 12.6. The SMILES string of the molecule is O=C(C[C@H]1SC(N2N=C(c3ccccc3)C[C@@H]2c2ccc(F)cc2)=NC1=O)Nc1ccc2c(c1)OCO2. The number of carbonyl (C=O) groups excluding carboxylic acids is 2. The van der Waals surface area contributed by atoms with E-state index in [9.17, 15) is 14.0 Å². The van der Waals surface area contributed by atoms with Crippen molar-refractivity contribution < 1.29 is 23.5 Å². The van der Waals surface area contributed by atoms with Gasteiger partial charge in [-0.1, -0.05) is 54.2 Å². The van der Waals surface area contributed by atoms with Gasteiger partial charge in [-0.15, -0.1) is 0 Å². The maximum absolute atomic E-state index is 13.6. The largest absolute Gasteiger partial charge is 0.454 e. The molecule has 6 rings (SSSR count). The Labute approximate surface area is 216 Å². The van der Waals surface area contributed by atoms with E-state index in [2.05, 4.69) is 10.3 Å². The molecule has 0 bridgehead atoms. The first-order chi connectivity index (χ1) is 18.0. The molecule has 3 aromatic rings. The molecular formula is C27H21FN4O4S. The van der Waals surface area contributed by atoms with E-state index in [1.54, 1.807) is 35.3 Å². The first kappa shape index (κ1) is 23.2. The summed E-state index contributed by atoms with van der Waals surface area (Å²) in [5.74, 6) is 0.152. The summed E-state index contributed by atoms with van der Waals surface area (Å²) in [6.45, 7) is 0.143. The fourth-order valence-electron chi connectivity index (χ4n) is 4.40. The molecule has 3 heterocycles. The summed E-state index contributed by atoms with van der Waals surface area (Å²) in [6.07, 6.45) is 0.522. The number of amidine groups is 1. The van der Waals surface area contributed by atoms with Crippen LogP contribution in [-0.4, -0.2) is 39.7 Å². The van der Waals surface area contributed by atoms with Crippen molar-refractivity contribution in [3.8, 4) is 11.5 Å². The molecule has 3 aliphatic rings. The van der Waals surface area contributed by atoms with Gasteiger partial charge in [-0.05, 0) is 35.4 Å². The molecule has 0 spiro atoms. The van der Waals surface area contributed by atoms with Crippen LogP contribution in [0, 0.1) is 5.82 Å². The lowest BCUT2D eigenvalue weighted by molar-refractivity contribution is -0.121. The van der Waals surface area contributed by atoms with Crippen molar-refractivity contribution in [1.29, 1.82) is 0 Å². The van der Waals surface area contributed by atoms with Gasteiger partial charge in [0.15, 0.2) is 16.7 Å². The molecule has 0 saturated carbocycles. The van der Waals surface area contributed by atoms with Crippen LogP contribution in [0.1, 0.15) is 30.0 Å². The molecule has 0 aliphatic carbocycles. The summed E-state index contributed by atoms with van der Waals surface area (Å²) >= 11 is 1.21. The molecule has 2 amide bonds. The average molecular weight is 517 g/mol. The highest BCUT2D eigenvalue weighted by molar-refractivity contribution is 8.15. The molecule has 0 radical (unpaired) electrons. The van der Waals surface area contributed by atoms with Gasteiger partial charge in [-0.3, -0.25) is 9.59 Å². The van der Waals surface area contributed by atoms with Crippen LogP contribution in [0.25, 0.3) is 0 Å². The van der Waals surface area contributed by atoms with Crippen LogP contribution in [0.3, 0.4) is 0 Å². The number of rotatable bonds is 5. The fourth-order valence-corrected chi connectivity index (χ4v) is 5.46. The molecule has 37 heavy (non-hydrogen) atoms. The molecule has 10 heteroatoms. The number of benzene rings is 3. The summed E-state index contributed by atoms with van der Waals surface area (Å²) < 4.78 is 24.2. The van der Waals surface area contributed by atoms with E-state index in [0.717, 1.165) is 16.8 Å². The molecule has 0 aromatic heterocycles. The number of halogens is 1. The third-order valence-electron chi connectivity index (χ3n) is 6.22. The molecule has 3 aliphatic heterocycles. The van der Waals surface area contributed by atoms with Gasteiger partial charge in [-0.2, -0.15) is 10.1 Å². The predicted molar refractivity (Wildman–Crippen MR) is 138 cm³/mol. The second kappa shape index (κ2) is 9.70. The molecular weight excluding hydrogens is 495 g/mol. The highest BCUT2D eigenvalue weighted by atomic mass is 32.2. The number of nitrogens with one attached hydrogen (secondary N) is 1. The van der Waals surface area contributed by atoms with Gasteiger partial charge in [0.1, 0.15) is 11.1 Å². The van der Waals surface area contributed by atoms with E-state index < -0.39 is 5.25 Å². The number of fused-ring (bicyclic) bond motifs is 1. The van der Waals surface area contributed by atoms with Gasteiger partial charge in [-0.25, -0.2) is 9.40 Å². The number of hydrogen-bond acceptors (Lipinski definition) is 7. The van der Waals surface area contributed by atoms with Crippen molar-refractivity contribution in [2.45, 2.75) is 24.1 Å². The lowest BCUT2D eigenvalue weighted by Crippen LogP contribution is -2.25. The van der Waals surface area contributed by atoms with Gasteiger partial charge in [0, 0.05) is 24.6 Å². The Morgan fingerprint density at radius 2 is 1.84 bits per heavy atom. The van der Waals surface area contributed by atoms with Crippen molar-refractivity contribution in [3.63, 3.8) is 0 Å². The van der Waals surface area contributed by atoms with Gasteiger partial charge in [0.25, 0.3) is 5.91 Å². The summed E-state index contributed by atoms with van der Waals surface area (Å²) in [5.41, 5.74) is 3.22. The van der Waals surface area contributed by atoms with Crippen molar-refractivity contribution in [3.05, 3.63) is 89.7 Å². The van der Waals surface area contributed by atoms with Crippen molar-refractivity contribution in [2.75, 3.05) is 12.1 Å². The van der Waals surface area contributed by atoms with Crippen LogP contribution in [-0.2, 0) is 9.59 Å². The Balaban J connectivity index is 1.18. The minimum atomic E-state index is -0.672. The second-order valence-electron chi connectivity index (χ2n) is 8.69. The van der Waals surface area contributed by atoms with Gasteiger partial charge >= 0.3 is 0 Å². The monoisotopic (exact) mass is 516 g/mol. The highest BCUT2D eigenvalue weighted by Gasteiger charge is 2.39. The van der Waals surface area contributed by atoms with E-state index >= 15 is 0 Å². The van der Waals surface area contributed by atoms with Crippen LogP contribution in [0.5, 0.6) is 11.5 Å². The third kappa shape index (κ3) is 4.79. The standard InChI is InChI=1S/C27H21FN4O4S/c28-18-8-6-17(7-9-18)21-13-20(16-4-2-1-3-5-16)31-32(21)27-30-26(34)24(37-27)14-25(33)29-19-10-11-22-23(12-19)36-15-35-22/h1-12,21,24H,13-15H2,(H,29,33)/t21-,24-/m1/s1. The smallest absolute Gasteiger partial charge is 0.262 e. The summed E-state index contributed by atoms with van der Waals surface area (Å²) in [6, 6.07) is 20.9. The van der Waals surface area contributed by atoms with Gasteiger partial charge in [0.05, 0.1) is 11.8 Å². The Morgan fingerprint density at radius 1 is 1.05 bits per heavy atom. The van der Waals surface area contributed by atoms with Crippen molar-refractivity contribution in [2.24, 2.45) is 10.1 Å². The molecule has 0 unspecified atom stereocenters. The fraction of sp³-hybridized carbons (Fsp3) is 0.185. The average Bonchev–Trinajstić information content (AvgIpc) is 3.64. The molecule has 3 aromatic carbocycles. The number of thioether (sulfide) groups is 1. The van der Waals surface area contributed by atoms with E-state index in [1.165, 1.54) is 23.9 Å². The quantitative estimate of drug-likeness (QED) is 0.527. The number of carbonyl (C=O) groups is 2. The zero-order chi connectivity index (χ0) is 25.4. The summed E-state index contributed by atoms with van der Waals surface area (Å²) in [5, 5.41) is 9.07. The maximum atomic E-state index is 13.6. The minimum Gasteiger partial charge on any atom is -0.454 e. The number of anilines is 1. The molecule has 8 nitrogen and oxygen atoms in total. The van der Waals surface area contributed by atoms with Crippen LogP contribution in [0.15, 0.2) is 82.9 Å². The van der Waals surface area contributed by atoms with Crippen molar-refractivity contribution >= 4 is 40.1 Å². The molecule has 0 fully saturated rings. The molecule has 1 N–H and O–H groups in total. The number of aliphatic imine (C=N–C) groups is 1. The zero-order valence-electron chi connectivity index (χ0n) is 19.5. The van der Waals surface area contributed by atoms with Crippen LogP contribution >= 0.6 is 11.8 Å². The van der Waals surface area contributed by atoms with E-state index in [-0.39, 0.29) is 36.9 Å². The number of nitrogens with zero attached hydrogens (tertiary/aromatic N) is 3. The van der Waals surface area contributed by atoms with E-state index in [4.69, 9.17) is 14.6 Å². The zero-order valence-corrected chi connectivity index (χ0v) is 20.3. The predicted octanol–water partition coefficient (Wildman–Crippen LogP) is 4.73. The van der Waals surface area contributed by atoms with Crippen LogP contribution in [0.2, 0.25) is 0 Å². The lowest BCUT2D eigenvalue weighted by atomic mass is 9.99. The Bertz CT molecular complexity index is 1430. The summed E-state index contributed by atoms with van der Waals surface area (Å²) in [4.78, 5) is 29.7. The Hall–Kier alpha value is -4.18. The van der Waals surface area contributed by atoms with Gasteiger partial charge < -0.3 is 14.8 Å². The van der Waals surface area contributed by atoms with E-state index in [0.29, 0.717) is 28.8 Å². The first-order valence-electron chi connectivity index (χ1n) is 11.7. The third-order valence-corrected chi connectivity index (χ3v) is 7.37. The Morgan fingerprint density at radius 3 is 2.65 bits per heavy atom. The van der Waals surface area contributed by atoms with Crippen LogP contribution < -0.4 is 14.8 Å².